The van der Waals surface area contributed by atoms with Crippen molar-refractivity contribution in [1.29, 1.82) is 0 Å². The highest BCUT2D eigenvalue weighted by atomic mass is 32.2. The molecule has 0 aromatic carbocycles. The summed E-state index contributed by atoms with van der Waals surface area (Å²) in [4.78, 5) is 0. The third-order valence-electron chi connectivity index (χ3n) is 1.93. The first kappa shape index (κ1) is 7.46. The normalized spacial score (nSPS) is 24.0. The third kappa shape index (κ3) is 1.89. The highest BCUT2D eigenvalue weighted by molar-refractivity contribution is 8.01. The molecule has 0 heterocycles. The van der Waals surface area contributed by atoms with Gasteiger partial charge in [0.25, 0.3) is 0 Å². The Morgan fingerprint density at radius 1 is 1.33 bits per heavy atom. The smallest absolute Gasteiger partial charge is 0.0134 e. The molecule has 0 amide bonds. The summed E-state index contributed by atoms with van der Waals surface area (Å²) in [5.41, 5.74) is 0. The molecule has 1 saturated carbocycles. The molecule has 1 fully saturated rings. The Labute approximate surface area is 62.4 Å². The van der Waals surface area contributed by atoms with Gasteiger partial charge in [0, 0.05) is 4.75 Å². The van der Waals surface area contributed by atoms with E-state index in [4.69, 9.17) is 0 Å². The SMILES string of the molecule is CC(C)SC1(C)CCC1. The molecule has 0 radical (unpaired) electrons. The second-order valence-corrected chi connectivity index (χ2v) is 5.63. The van der Waals surface area contributed by atoms with Gasteiger partial charge in [-0.1, -0.05) is 27.2 Å². The maximum absolute atomic E-state index is 2.39. The van der Waals surface area contributed by atoms with Gasteiger partial charge in [0.2, 0.25) is 0 Å². The Balaban J connectivity index is 2.24. The number of thioether (sulfide) groups is 1. The summed E-state index contributed by atoms with van der Waals surface area (Å²) in [5, 5.41) is 0.815. The molecule has 0 nitrogen and oxygen atoms in total. The molecule has 0 spiro atoms. The van der Waals surface area contributed by atoms with Crippen molar-refractivity contribution in [2.24, 2.45) is 0 Å². The molecule has 0 aliphatic heterocycles. The van der Waals surface area contributed by atoms with Crippen LogP contribution in [0.3, 0.4) is 0 Å². The quantitative estimate of drug-likeness (QED) is 0.574. The highest BCUT2D eigenvalue weighted by Crippen LogP contribution is 2.45. The summed E-state index contributed by atoms with van der Waals surface area (Å²) in [7, 11) is 0. The molecule has 0 N–H and O–H groups in total. The van der Waals surface area contributed by atoms with Gasteiger partial charge in [0.15, 0.2) is 0 Å². The van der Waals surface area contributed by atoms with Crippen LogP contribution in [-0.4, -0.2) is 10.00 Å². The molecule has 1 heteroatoms. The Morgan fingerprint density at radius 2 is 1.89 bits per heavy atom. The molecule has 0 aromatic heterocycles. The predicted molar refractivity (Wildman–Crippen MR) is 45.0 cm³/mol. The standard InChI is InChI=1S/C8H16S/c1-7(2)9-8(3)5-4-6-8/h7H,4-6H2,1-3H3. The van der Waals surface area contributed by atoms with E-state index >= 15 is 0 Å². The van der Waals surface area contributed by atoms with Gasteiger partial charge >= 0.3 is 0 Å². The van der Waals surface area contributed by atoms with E-state index < -0.39 is 0 Å². The molecule has 0 saturated heterocycles. The van der Waals surface area contributed by atoms with Crippen molar-refractivity contribution in [3.05, 3.63) is 0 Å². The van der Waals surface area contributed by atoms with Crippen molar-refractivity contribution < 1.29 is 0 Å². The zero-order valence-corrected chi connectivity index (χ0v) is 7.42. The van der Waals surface area contributed by atoms with Gasteiger partial charge < -0.3 is 0 Å². The fraction of sp³-hybridized carbons (Fsp3) is 1.00. The zero-order valence-electron chi connectivity index (χ0n) is 6.61. The van der Waals surface area contributed by atoms with E-state index in [2.05, 4.69) is 32.5 Å². The van der Waals surface area contributed by atoms with Gasteiger partial charge in [-0.05, 0) is 18.1 Å². The van der Waals surface area contributed by atoms with Gasteiger partial charge in [-0.15, -0.1) is 0 Å². The Bertz CT molecular complexity index is 92.7. The molecule has 0 atom stereocenters. The largest absolute Gasteiger partial charge is 0.153 e. The lowest BCUT2D eigenvalue weighted by molar-refractivity contribution is 0.391. The lowest BCUT2D eigenvalue weighted by Crippen LogP contribution is -2.30. The van der Waals surface area contributed by atoms with Crippen LogP contribution in [0.15, 0.2) is 0 Å². The predicted octanol–water partition coefficient (Wildman–Crippen LogP) is 3.07. The number of rotatable bonds is 2. The van der Waals surface area contributed by atoms with Crippen molar-refractivity contribution in [2.75, 3.05) is 0 Å². The highest BCUT2D eigenvalue weighted by Gasteiger charge is 2.32. The zero-order chi connectivity index (χ0) is 6.91. The minimum absolute atomic E-state index is 0.661. The first-order valence-corrected chi connectivity index (χ1v) is 4.68. The molecule has 1 aliphatic rings. The van der Waals surface area contributed by atoms with Crippen molar-refractivity contribution >= 4 is 11.8 Å². The molecule has 0 unspecified atom stereocenters. The van der Waals surface area contributed by atoms with Crippen LogP contribution < -0.4 is 0 Å². The van der Waals surface area contributed by atoms with E-state index in [0.717, 1.165) is 5.25 Å². The lowest BCUT2D eigenvalue weighted by atomic mass is 9.86. The topological polar surface area (TPSA) is 0 Å². The average molecular weight is 144 g/mol. The van der Waals surface area contributed by atoms with E-state index in [1.165, 1.54) is 19.3 Å². The number of hydrogen-bond acceptors (Lipinski definition) is 1. The van der Waals surface area contributed by atoms with E-state index in [1.54, 1.807) is 0 Å². The summed E-state index contributed by atoms with van der Waals surface area (Å²) in [6.07, 6.45) is 4.34. The summed E-state index contributed by atoms with van der Waals surface area (Å²) in [5.74, 6) is 0. The Morgan fingerprint density at radius 3 is 2.00 bits per heavy atom. The van der Waals surface area contributed by atoms with Crippen LogP contribution in [0.1, 0.15) is 40.0 Å². The van der Waals surface area contributed by atoms with Gasteiger partial charge in [-0.25, -0.2) is 0 Å². The van der Waals surface area contributed by atoms with Crippen LogP contribution in [0.5, 0.6) is 0 Å². The monoisotopic (exact) mass is 144 g/mol. The minimum atomic E-state index is 0.661. The van der Waals surface area contributed by atoms with E-state index in [9.17, 15) is 0 Å². The molecule has 9 heavy (non-hydrogen) atoms. The summed E-state index contributed by atoms with van der Waals surface area (Å²) >= 11 is 2.14. The van der Waals surface area contributed by atoms with Crippen LogP contribution in [-0.2, 0) is 0 Å². The molecule has 1 rings (SSSR count). The summed E-state index contributed by atoms with van der Waals surface area (Å²) in [6, 6.07) is 0. The van der Waals surface area contributed by atoms with Crippen molar-refractivity contribution in [3.8, 4) is 0 Å². The lowest BCUT2D eigenvalue weighted by Gasteiger charge is -2.39. The first-order valence-electron chi connectivity index (χ1n) is 3.80. The molecular weight excluding hydrogens is 128 g/mol. The third-order valence-corrected chi connectivity index (χ3v) is 3.38. The van der Waals surface area contributed by atoms with Gasteiger partial charge in [-0.2, -0.15) is 11.8 Å². The van der Waals surface area contributed by atoms with Crippen molar-refractivity contribution in [2.45, 2.75) is 50.0 Å². The number of hydrogen-bond donors (Lipinski definition) is 0. The molecule has 0 aromatic rings. The van der Waals surface area contributed by atoms with E-state index in [0.29, 0.717) is 4.75 Å². The molecular formula is C8H16S. The second kappa shape index (κ2) is 2.53. The summed E-state index contributed by atoms with van der Waals surface area (Å²) in [6.45, 7) is 6.96. The summed E-state index contributed by atoms with van der Waals surface area (Å²) < 4.78 is 0.661. The fourth-order valence-corrected chi connectivity index (χ4v) is 3.02. The first-order chi connectivity index (χ1) is 4.12. The molecule has 54 valence electrons. The van der Waals surface area contributed by atoms with Crippen LogP contribution in [0.25, 0.3) is 0 Å². The van der Waals surface area contributed by atoms with Gasteiger partial charge in [0.1, 0.15) is 0 Å². The Hall–Kier alpha value is 0.350. The van der Waals surface area contributed by atoms with Crippen LogP contribution in [0.4, 0.5) is 0 Å². The van der Waals surface area contributed by atoms with E-state index in [-0.39, 0.29) is 0 Å². The van der Waals surface area contributed by atoms with Crippen molar-refractivity contribution in [3.63, 3.8) is 0 Å². The van der Waals surface area contributed by atoms with Crippen molar-refractivity contribution in [1.82, 2.24) is 0 Å². The molecule has 1 aliphatic carbocycles. The second-order valence-electron chi connectivity index (χ2n) is 3.47. The van der Waals surface area contributed by atoms with Gasteiger partial charge in [0.05, 0.1) is 0 Å². The van der Waals surface area contributed by atoms with Crippen LogP contribution in [0.2, 0.25) is 0 Å². The average Bonchev–Trinajstić information content (AvgIpc) is 1.60. The maximum Gasteiger partial charge on any atom is 0.0134 e. The fourth-order valence-electron chi connectivity index (χ4n) is 1.36. The van der Waals surface area contributed by atoms with Gasteiger partial charge in [-0.3, -0.25) is 0 Å². The Kier molecular flexibility index (Phi) is 2.10. The van der Waals surface area contributed by atoms with E-state index in [1.807, 2.05) is 0 Å². The maximum atomic E-state index is 2.39. The molecule has 0 bridgehead atoms. The van der Waals surface area contributed by atoms with Crippen LogP contribution in [0, 0.1) is 0 Å². The minimum Gasteiger partial charge on any atom is -0.153 e. The van der Waals surface area contributed by atoms with Crippen LogP contribution >= 0.6 is 11.8 Å².